The number of carbonyl (C=O) groups excluding carboxylic acids is 1. The van der Waals surface area contributed by atoms with Crippen LogP contribution in [0.15, 0.2) is 108 Å². The molecule has 0 unspecified atom stereocenters. The molecule has 1 N–H and O–H groups in total. The Bertz CT molecular complexity index is 2070. The molecule has 0 saturated carbocycles. The number of aryl methyl sites for hydroxylation is 2. The topological polar surface area (TPSA) is 113 Å². The molecule has 5 aromatic rings. The molecule has 0 bridgehead atoms. The minimum absolute atomic E-state index is 0.0101. The van der Waals surface area contributed by atoms with Gasteiger partial charge in [0.05, 0.1) is 36.4 Å². The average molecular weight is 627 g/mol. The van der Waals surface area contributed by atoms with Gasteiger partial charge in [-0.1, -0.05) is 30.3 Å². The molecule has 3 heterocycles. The van der Waals surface area contributed by atoms with Crippen LogP contribution >= 0.6 is 0 Å². The highest BCUT2D eigenvalue weighted by molar-refractivity contribution is 5.93. The second-order valence-electron chi connectivity index (χ2n) is 10.6. The van der Waals surface area contributed by atoms with Gasteiger partial charge in [0, 0.05) is 17.8 Å². The van der Waals surface area contributed by atoms with Crippen LogP contribution in [0.4, 0.5) is 24.8 Å². The molecule has 3 aromatic carbocycles. The highest BCUT2D eigenvalue weighted by Gasteiger charge is 2.41. The van der Waals surface area contributed by atoms with Crippen LogP contribution in [0.1, 0.15) is 35.2 Å². The van der Waals surface area contributed by atoms with E-state index < -0.39 is 29.4 Å². The maximum atomic E-state index is 13.7. The van der Waals surface area contributed by atoms with Crippen LogP contribution in [-0.2, 0) is 28.7 Å². The molecule has 0 aliphatic carbocycles. The van der Waals surface area contributed by atoms with Crippen molar-refractivity contribution in [2.75, 3.05) is 12.0 Å². The number of benzene rings is 3. The van der Waals surface area contributed by atoms with E-state index in [0.29, 0.717) is 29.7 Å². The third-order valence-electron chi connectivity index (χ3n) is 7.93. The van der Waals surface area contributed by atoms with Gasteiger partial charge in [-0.25, -0.2) is 28.4 Å². The highest BCUT2D eigenvalue weighted by atomic mass is 19.4. The maximum Gasteiger partial charge on any atom is 0.416 e. The predicted molar refractivity (Wildman–Crippen MR) is 160 cm³/mol. The number of H-pyrrole nitrogens is 1. The van der Waals surface area contributed by atoms with Crippen molar-refractivity contribution in [3.8, 4) is 11.8 Å². The first-order valence-electron chi connectivity index (χ1n) is 14.2. The van der Waals surface area contributed by atoms with Crippen molar-refractivity contribution < 1.29 is 27.3 Å². The summed E-state index contributed by atoms with van der Waals surface area (Å²) in [5.74, 6) is -0.785. The highest BCUT2D eigenvalue weighted by Crippen LogP contribution is 2.43. The summed E-state index contributed by atoms with van der Waals surface area (Å²) in [6.07, 6.45) is 1.55. The summed E-state index contributed by atoms with van der Waals surface area (Å²) in [5, 5.41) is 16.3. The Hall–Kier alpha value is -5.90. The van der Waals surface area contributed by atoms with Crippen molar-refractivity contribution in [1.29, 1.82) is 5.26 Å². The number of hydrogen-bond donors (Lipinski definition) is 1. The molecule has 2 aromatic heterocycles. The normalized spacial score (nSPS) is 14.6. The van der Waals surface area contributed by atoms with Crippen molar-refractivity contribution >= 4 is 17.6 Å². The van der Waals surface area contributed by atoms with E-state index in [0.717, 1.165) is 17.8 Å². The second-order valence-corrected chi connectivity index (χ2v) is 10.6. The van der Waals surface area contributed by atoms with Crippen LogP contribution in [0.2, 0.25) is 0 Å². The molecule has 0 fully saturated rings. The van der Waals surface area contributed by atoms with Crippen molar-refractivity contribution in [2.45, 2.75) is 32.1 Å². The van der Waals surface area contributed by atoms with Crippen LogP contribution in [-0.4, -0.2) is 32.4 Å². The van der Waals surface area contributed by atoms with Crippen molar-refractivity contribution in [1.82, 2.24) is 19.3 Å². The van der Waals surface area contributed by atoms with E-state index in [4.69, 9.17) is 4.74 Å². The minimum Gasteiger partial charge on any atom is -0.466 e. The number of aromatic amines is 1. The number of halogens is 3. The van der Waals surface area contributed by atoms with Crippen molar-refractivity contribution in [3.63, 3.8) is 0 Å². The lowest BCUT2D eigenvalue weighted by Crippen LogP contribution is -2.38. The van der Waals surface area contributed by atoms with Gasteiger partial charge < -0.3 is 4.74 Å². The summed E-state index contributed by atoms with van der Waals surface area (Å²) in [4.78, 5) is 28.2. The number of allylic oxidation sites excluding steroid dienone is 1. The number of imidazole rings is 1. The molecule has 0 spiro atoms. The molecule has 46 heavy (non-hydrogen) atoms. The number of alkyl halides is 3. The monoisotopic (exact) mass is 626 g/mol. The molecule has 1 atom stereocenters. The number of rotatable bonds is 7. The lowest BCUT2D eigenvalue weighted by molar-refractivity contribution is -0.695. The van der Waals surface area contributed by atoms with E-state index >= 15 is 0 Å². The van der Waals surface area contributed by atoms with Crippen LogP contribution in [0.25, 0.3) is 5.69 Å². The van der Waals surface area contributed by atoms with Gasteiger partial charge in [0.15, 0.2) is 0 Å². The standard InChI is InChI=1S/C33H26F3N7O3/c1-21-28(30(44)46-2)29(43-31(38-39-32(43)45)42(21)26-10-6-7-24(18-26)33(34,35)36)27-12-11-22(19-37)17-23(27)13-14-40-15-16-41(20-40)25-8-4-3-5-9-25/h3-12,15-18,20,29H,13-14H2,1-2H3/p+1/t29-/m1/s1. The fourth-order valence-electron chi connectivity index (χ4n) is 5.77. The van der Waals surface area contributed by atoms with Gasteiger partial charge in [0.2, 0.25) is 12.3 Å². The van der Waals surface area contributed by atoms with Gasteiger partial charge in [0.25, 0.3) is 0 Å². The molecule has 232 valence electrons. The number of fused-ring (bicyclic) bond motifs is 1. The SMILES string of the molecule is COC(=O)C1=C(C)N(c2cccc(C(F)(F)F)c2)c2n[nH]c(=O)n2[C@@H]1c1ccc(C#N)cc1CC[n+]1ccn(-c2ccccc2)c1. The van der Waals surface area contributed by atoms with Gasteiger partial charge in [-0.2, -0.15) is 18.4 Å². The van der Waals surface area contributed by atoms with Gasteiger partial charge in [0.1, 0.15) is 24.1 Å². The Labute approximate surface area is 260 Å². The zero-order valence-electron chi connectivity index (χ0n) is 24.7. The Kier molecular flexibility index (Phi) is 7.79. The third-order valence-corrected chi connectivity index (χ3v) is 7.93. The number of aromatic nitrogens is 5. The second kappa shape index (κ2) is 11.9. The van der Waals surface area contributed by atoms with Crippen molar-refractivity contribution in [3.05, 3.63) is 136 Å². The van der Waals surface area contributed by atoms with E-state index in [1.54, 1.807) is 25.1 Å². The molecule has 6 rings (SSSR count). The largest absolute Gasteiger partial charge is 0.466 e. The molecular formula is C33H27F3N7O3+. The van der Waals surface area contributed by atoms with Gasteiger partial charge in [-0.15, -0.1) is 5.10 Å². The molecule has 0 amide bonds. The molecule has 0 saturated heterocycles. The summed E-state index contributed by atoms with van der Waals surface area (Å²) in [6, 6.07) is 20.4. The smallest absolute Gasteiger partial charge is 0.416 e. The number of para-hydroxylation sites is 1. The van der Waals surface area contributed by atoms with E-state index in [2.05, 4.69) is 16.3 Å². The Balaban J connectivity index is 1.46. The number of carbonyl (C=O) groups is 1. The lowest BCUT2D eigenvalue weighted by Gasteiger charge is -2.36. The van der Waals surface area contributed by atoms with Crippen LogP contribution in [0.3, 0.4) is 0 Å². The van der Waals surface area contributed by atoms with Crippen molar-refractivity contribution in [2.24, 2.45) is 0 Å². The molecule has 0 radical (unpaired) electrons. The Morgan fingerprint density at radius 2 is 1.85 bits per heavy atom. The zero-order chi connectivity index (χ0) is 32.6. The molecule has 1 aliphatic heterocycles. The first-order valence-corrected chi connectivity index (χ1v) is 14.2. The Morgan fingerprint density at radius 3 is 2.57 bits per heavy atom. The summed E-state index contributed by atoms with van der Waals surface area (Å²) in [7, 11) is 1.19. The molecule has 1 aliphatic rings. The van der Waals surface area contributed by atoms with E-state index in [9.17, 15) is 28.0 Å². The number of esters is 1. The zero-order valence-corrected chi connectivity index (χ0v) is 24.7. The summed E-state index contributed by atoms with van der Waals surface area (Å²) in [6.45, 7) is 2.06. The number of ether oxygens (including phenoxy) is 1. The Morgan fingerprint density at radius 1 is 1.09 bits per heavy atom. The fraction of sp³-hybridized carbons (Fsp3) is 0.182. The summed E-state index contributed by atoms with van der Waals surface area (Å²) < 4.78 is 51.3. The summed E-state index contributed by atoms with van der Waals surface area (Å²) in [5.41, 5.74) is 1.31. The third kappa shape index (κ3) is 5.45. The van der Waals surface area contributed by atoms with Gasteiger partial charge in [-0.3, -0.25) is 4.90 Å². The fourth-order valence-corrected chi connectivity index (χ4v) is 5.77. The van der Waals surface area contributed by atoms with E-state index in [-0.39, 0.29) is 22.9 Å². The number of methoxy groups -OCH3 is 1. The quantitative estimate of drug-likeness (QED) is 0.202. The minimum atomic E-state index is -4.63. The molecular weight excluding hydrogens is 599 g/mol. The van der Waals surface area contributed by atoms with Gasteiger partial charge in [-0.05, 0) is 60.5 Å². The first-order chi connectivity index (χ1) is 22.1. The average Bonchev–Trinajstić information content (AvgIpc) is 3.69. The molecule has 10 nitrogen and oxygen atoms in total. The number of anilines is 2. The van der Waals surface area contributed by atoms with Gasteiger partial charge >= 0.3 is 17.8 Å². The van der Waals surface area contributed by atoms with Crippen LogP contribution in [0.5, 0.6) is 0 Å². The number of hydrogen-bond acceptors (Lipinski definition) is 6. The maximum absolute atomic E-state index is 13.7. The van der Waals surface area contributed by atoms with Crippen LogP contribution in [0, 0.1) is 11.3 Å². The van der Waals surface area contributed by atoms with Crippen LogP contribution < -0.4 is 15.2 Å². The number of nitrogens with zero attached hydrogens (tertiary/aromatic N) is 6. The summed E-state index contributed by atoms with van der Waals surface area (Å²) >= 11 is 0. The number of nitrogens with one attached hydrogen (secondary N) is 1. The predicted octanol–water partition coefficient (Wildman–Crippen LogP) is 4.97. The molecule has 13 heteroatoms. The lowest BCUT2D eigenvalue weighted by atomic mass is 9.89. The first kappa shape index (κ1) is 30.1. The number of nitriles is 1. The van der Waals surface area contributed by atoms with E-state index in [1.165, 1.54) is 28.7 Å². The van der Waals surface area contributed by atoms with E-state index in [1.807, 2.05) is 58.2 Å².